The molecule has 3 rings (SSSR count). The molecule has 0 saturated carbocycles. The fraction of sp³-hybridized carbons (Fsp3) is 0.821. The molecule has 0 radical (unpaired) electrons. The molecule has 3 heterocycles. The summed E-state index contributed by atoms with van der Waals surface area (Å²) < 4.78 is 16.8. The van der Waals surface area contributed by atoms with Crippen molar-refractivity contribution in [3.63, 3.8) is 0 Å². The highest BCUT2D eigenvalue weighted by Crippen LogP contribution is 2.26. The number of amides is 2. The van der Waals surface area contributed by atoms with Crippen LogP contribution < -0.4 is 5.32 Å². The number of rotatable bonds is 15. The third-order valence-electron chi connectivity index (χ3n) is 7.73. The monoisotopic (exact) mass is 554 g/mol. The van der Waals surface area contributed by atoms with E-state index in [2.05, 4.69) is 12.2 Å². The molecule has 0 aliphatic carbocycles. The topological polar surface area (TPSA) is 155 Å². The summed E-state index contributed by atoms with van der Waals surface area (Å²) in [6.45, 7) is 4.19. The first-order valence-corrected chi connectivity index (χ1v) is 14.6. The van der Waals surface area contributed by atoms with Crippen molar-refractivity contribution in [2.75, 3.05) is 6.54 Å². The molecular formula is C28H46N2O9. The van der Waals surface area contributed by atoms with Gasteiger partial charge in [-0.15, -0.1) is 0 Å². The van der Waals surface area contributed by atoms with Gasteiger partial charge in [-0.2, -0.15) is 0 Å². The molecule has 2 fully saturated rings. The maximum absolute atomic E-state index is 12.9. The van der Waals surface area contributed by atoms with Crippen LogP contribution in [0.15, 0.2) is 12.0 Å². The number of carbonyl (C=O) groups excluding carboxylic acids is 3. The summed E-state index contributed by atoms with van der Waals surface area (Å²) in [5, 5.41) is 33.0. The molecule has 0 spiro atoms. The van der Waals surface area contributed by atoms with Crippen molar-refractivity contribution in [3.8, 4) is 0 Å². The number of ether oxygens (including phenoxy) is 3. The lowest BCUT2D eigenvalue weighted by molar-refractivity contribution is -0.304. The van der Waals surface area contributed by atoms with E-state index in [0.717, 1.165) is 38.2 Å². The number of fused-ring (bicyclic) bond motifs is 1. The second kappa shape index (κ2) is 15.7. The zero-order valence-corrected chi connectivity index (χ0v) is 23.3. The Labute approximate surface area is 230 Å². The van der Waals surface area contributed by atoms with E-state index in [1.807, 2.05) is 0 Å². The molecule has 39 heavy (non-hydrogen) atoms. The molecule has 2 amide bonds. The predicted octanol–water partition coefficient (Wildman–Crippen LogP) is 2.65. The molecule has 0 aromatic heterocycles. The van der Waals surface area contributed by atoms with Gasteiger partial charge in [-0.1, -0.05) is 64.7 Å². The highest BCUT2D eigenvalue weighted by Gasteiger charge is 2.43. The van der Waals surface area contributed by atoms with Crippen LogP contribution in [0.5, 0.6) is 0 Å². The largest absolute Gasteiger partial charge is 0.417 e. The predicted molar refractivity (Wildman–Crippen MR) is 141 cm³/mol. The van der Waals surface area contributed by atoms with E-state index in [1.54, 1.807) is 6.92 Å². The lowest BCUT2D eigenvalue weighted by atomic mass is 9.99. The number of carbonyl (C=O) groups is 3. The number of hydrogen-bond donors (Lipinski definition) is 4. The molecule has 0 bridgehead atoms. The third kappa shape index (κ3) is 9.24. The van der Waals surface area contributed by atoms with Crippen molar-refractivity contribution in [2.45, 2.75) is 140 Å². The van der Waals surface area contributed by atoms with Gasteiger partial charge in [0, 0.05) is 12.6 Å². The van der Waals surface area contributed by atoms with Crippen molar-refractivity contribution in [3.05, 3.63) is 12.0 Å². The van der Waals surface area contributed by atoms with Gasteiger partial charge >= 0.3 is 6.09 Å². The average Bonchev–Trinajstić information content (AvgIpc) is 3.36. The van der Waals surface area contributed by atoms with E-state index in [0.29, 0.717) is 19.4 Å². The smallest absolute Gasteiger partial charge is 0.393 e. The van der Waals surface area contributed by atoms with Crippen LogP contribution in [0.1, 0.15) is 97.3 Å². The van der Waals surface area contributed by atoms with Crippen molar-refractivity contribution < 1.29 is 43.9 Å². The zero-order valence-electron chi connectivity index (χ0n) is 23.3. The number of ketones is 1. The van der Waals surface area contributed by atoms with E-state index in [4.69, 9.17) is 14.2 Å². The second-order valence-corrected chi connectivity index (χ2v) is 10.9. The number of nitrogens with one attached hydrogen (secondary N) is 1. The minimum atomic E-state index is -1.48. The summed E-state index contributed by atoms with van der Waals surface area (Å²) in [5.41, 5.74) is 0. The SMILES string of the molecule is CCCCCCCCCCC[C@H](CC(=O)NC1=CC(=O)[C@@H]2CCCN2C(=O)O1)O[C@@H]1O[C@H](C)[C@H](O)[C@H](O)[C@H]1O. The van der Waals surface area contributed by atoms with E-state index in [1.165, 1.54) is 37.0 Å². The van der Waals surface area contributed by atoms with E-state index in [-0.39, 0.29) is 18.1 Å². The maximum Gasteiger partial charge on any atom is 0.417 e. The van der Waals surface area contributed by atoms with Gasteiger partial charge in [0.05, 0.1) is 24.7 Å². The van der Waals surface area contributed by atoms with Gasteiger partial charge < -0.3 is 29.5 Å². The van der Waals surface area contributed by atoms with Crippen molar-refractivity contribution >= 4 is 17.8 Å². The molecule has 11 nitrogen and oxygen atoms in total. The molecule has 2 saturated heterocycles. The van der Waals surface area contributed by atoms with E-state index in [9.17, 15) is 29.7 Å². The van der Waals surface area contributed by atoms with Crippen LogP contribution in [0.2, 0.25) is 0 Å². The number of aliphatic hydroxyl groups is 3. The quantitative estimate of drug-likeness (QED) is 0.224. The molecular weight excluding hydrogens is 508 g/mol. The molecule has 3 aliphatic heterocycles. The summed E-state index contributed by atoms with van der Waals surface area (Å²) >= 11 is 0. The van der Waals surface area contributed by atoms with Gasteiger partial charge in [0.15, 0.2) is 12.1 Å². The zero-order chi connectivity index (χ0) is 28.4. The van der Waals surface area contributed by atoms with Crippen LogP contribution in [0.3, 0.4) is 0 Å². The molecule has 7 atom stereocenters. The van der Waals surface area contributed by atoms with Gasteiger partial charge in [0.1, 0.15) is 18.3 Å². The van der Waals surface area contributed by atoms with Gasteiger partial charge in [0.25, 0.3) is 0 Å². The Morgan fingerprint density at radius 3 is 2.41 bits per heavy atom. The Kier molecular flexibility index (Phi) is 12.6. The van der Waals surface area contributed by atoms with Crippen molar-refractivity contribution in [2.24, 2.45) is 0 Å². The maximum atomic E-state index is 12.9. The molecule has 0 aromatic carbocycles. The molecule has 11 heteroatoms. The lowest BCUT2D eigenvalue weighted by Gasteiger charge is -2.40. The highest BCUT2D eigenvalue weighted by molar-refractivity contribution is 5.98. The summed E-state index contributed by atoms with van der Waals surface area (Å²) in [7, 11) is 0. The summed E-state index contributed by atoms with van der Waals surface area (Å²) in [5.74, 6) is -1.03. The fourth-order valence-corrected chi connectivity index (χ4v) is 5.36. The highest BCUT2D eigenvalue weighted by atomic mass is 16.7. The molecule has 4 N–H and O–H groups in total. The van der Waals surface area contributed by atoms with Crippen LogP contribution in [0.4, 0.5) is 4.79 Å². The number of cyclic esters (lactones) is 1. The van der Waals surface area contributed by atoms with Gasteiger partial charge in [0.2, 0.25) is 11.8 Å². The first kappa shape index (κ1) is 31.5. The average molecular weight is 555 g/mol. The number of hydrogen-bond acceptors (Lipinski definition) is 9. The second-order valence-electron chi connectivity index (χ2n) is 10.9. The summed E-state index contributed by atoms with van der Waals surface area (Å²) in [6.07, 6.45) is 5.39. The minimum absolute atomic E-state index is 0.146. The van der Waals surface area contributed by atoms with Crippen LogP contribution in [-0.4, -0.2) is 87.4 Å². The fourth-order valence-electron chi connectivity index (χ4n) is 5.36. The lowest BCUT2D eigenvalue weighted by Crippen LogP contribution is -2.58. The van der Waals surface area contributed by atoms with Crippen molar-refractivity contribution in [1.29, 1.82) is 0 Å². The number of nitrogens with zero attached hydrogens (tertiary/aromatic N) is 1. The minimum Gasteiger partial charge on any atom is -0.393 e. The van der Waals surface area contributed by atoms with Gasteiger partial charge in [-0.05, 0) is 26.2 Å². The molecule has 0 unspecified atom stereocenters. The van der Waals surface area contributed by atoms with Crippen LogP contribution in [0, 0.1) is 0 Å². The molecule has 222 valence electrons. The third-order valence-corrected chi connectivity index (χ3v) is 7.73. The van der Waals surface area contributed by atoms with Crippen LogP contribution in [0.25, 0.3) is 0 Å². The van der Waals surface area contributed by atoms with Crippen LogP contribution in [-0.2, 0) is 23.8 Å². The normalized spacial score (nSPS) is 29.9. The first-order valence-electron chi connectivity index (χ1n) is 14.6. The van der Waals surface area contributed by atoms with E-state index >= 15 is 0 Å². The Bertz CT molecular complexity index is 851. The van der Waals surface area contributed by atoms with Gasteiger partial charge in [-0.3, -0.25) is 19.8 Å². The summed E-state index contributed by atoms with van der Waals surface area (Å²) in [6, 6.07) is -0.566. The first-order chi connectivity index (χ1) is 18.7. The Morgan fingerprint density at radius 1 is 1.05 bits per heavy atom. The Balaban J connectivity index is 1.55. The molecule has 3 aliphatic rings. The Morgan fingerprint density at radius 2 is 1.72 bits per heavy atom. The van der Waals surface area contributed by atoms with Gasteiger partial charge in [-0.25, -0.2) is 4.79 Å². The standard InChI is InChI=1S/C28H46N2O9/c1-3-4-5-6-7-8-9-10-11-13-19(38-27-26(35)25(34)24(33)18(2)37-27)16-22(32)29-23-17-21(31)20-14-12-15-30(20)28(36)39-23/h17-20,24-27,33-35H,3-16H2,1-2H3,(H,29,32)/t18-,19-,20+,24+,25+,26-,27+/m1/s1. The van der Waals surface area contributed by atoms with Crippen LogP contribution >= 0.6 is 0 Å². The molecule has 0 aromatic rings. The number of aliphatic hydroxyl groups excluding tert-OH is 3. The Hall–Kier alpha value is -2.05. The van der Waals surface area contributed by atoms with Crippen molar-refractivity contribution in [1.82, 2.24) is 10.2 Å². The van der Waals surface area contributed by atoms with E-state index < -0.39 is 54.9 Å². The summed E-state index contributed by atoms with van der Waals surface area (Å²) in [4.78, 5) is 39.2. The number of unbranched alkanes of at least 4 members (excludes halogenated alkanes) is 8.